The van der Waals surface area contributed by atoms with Gasteiger partial charge in [0.1, 0.15) is 6.04 Å². The number of nitrogens with one attached hydrogen (secondary N) is 1. The van der Waals surface area contributed by atoms with E-state index < -0.39 is 11.9 Å². The third kappa shape index (κ3) is 3.93. The van der Waals surface area contributed by atoms with Crippen molar-refractivity contribution in [3.63, 3.8) is 0 Å². The summed E-state index contributed by atoms with van der Waals surface area (Å²) in [6.07, 6.45) is 3.50. The Bertz CT molecular complexity index is 804. The van der Waals surface area contributed by atoms with Crippen LogP contribution in [0.25, 0.3) is 0 Å². The first-order valence-electron chi connectivity index (χ1n) is 9.87. The van der Waals surface area contributed by atoms with E-state index in [2.05, 4.69) is 12.2 Å². The highest BCUT2D eigenvalue weighted by molar-refractivity contribution is 6.07. The van der Waals surface area contributed by atoms with Crippen molar-refractivity contribution in [1.82, 2.24) is 9.80 Å². The zero-order valence-electron chi connectivity index (χ0n) is 16.7. The van der Waals surface area contributed by atoms with E-state index in [-0.39, 0.29) is 36.6 Å². The predicted octanol–water partition coefficient (Wildman–Crippen LogP) is 2.49. The van der Waals surface area contributed by atoms with Crippen molar-refractivity contribution >= 4 is 29.3 Å². The fourth-order valence-electron chi connectivity index (χ4n) is 3.88. The summed E-state index contributed by atoms with van der Waals surface area (Å²) in [6.45, 7) is 6.21. The van der Waals surface area contributed by atoms with E-state index >= 15 is 0 Å². The van der Waals surface area contributed by atoms with Crippen LogP contribution < -0.4 is 5.32 Å². The number of likely N-dealkylation sites (tertiary alicyclic amines) is 2. The minimum absolute atomic E-state index is 0.00908. The van der Waals surface area contributed by atoms with E-state index in [9.17, 15) is 19.2 Å². The summed E-state index contributed by atoms with van der Waals surface area (Å²) in [5.74, 6) is -1.05. The van der Waals surface area contributed by atoms with Gasteiger partial charge in [0.15, 0.2) is 0 Å². The molecule has 0 radical (unpaired) electrons. The standard InChI is InChI=1S/C21H27N3O4/c1-13-12-16(21(28)23-11-5-4-6-14(23)2)7-8-17(13)22-20(27)15(3)24-18(25)9-10-19(24)26/h7-8,12,14-15H,4-6,9-11H2,1-3H3,(H,22,27). The SMILES string of the molecule is Cc1cc(C(=O)N2CCCCC2C)ccc1NC(=O)C(C)N1C(=O)CCC1=O. The maximum absolute atomic E-state index is 12.8. The Balaban J connectivity index is 1.70. The summed E-state index contributed by atoms with van der Waals surface area (Å²) in [6, 6.07) is 4.56. The van der Waals surface area contributed by atoms with Gasteiger partial charge < -0.3 is 10.2 Å². The van der Waals surface area contributed by atoms with Crippen molar-refractivity contribution in [2.75, 3.05) is 11.9 Å². The van der Waals surface area contributed by atoms with Crippen LogP contribution in [-0.4, -0.2) is 52.1 Å². The molecular formula is C21H27N3O4. The Kier molecular flexibility index (Phi) is 5.82. The molecule has 28 heavy (non-hydrogen) atoms. The van der Waals surface area contributed by atoms with Crippen LogP contribution in [0.5, 0.6) is 0 Å². The van der Waals surface area contributed by atoms with Crippen LogP contribution in [0.3, 0.4) is 0 Å². The van der Waals surface area contributed by atoms with Gasteiger partial charge in [-0.25, -0.2) is 0 Å². The molecule has 7 heteroatoms. The molecule has 1 aromatic carbocycles. The quantitative estimate of drug-likeness (QED) is 0.807. The molecule has 2 heterocycles. The summed E-state index contributed by atoms with van der Waals surface area (Å²) < 4.78 is 0. The second-order valence-electron chi connectivity index (χ2n) is 7.70. The Morgan fingerprint density at radius 2 is 1.82 bits per heavy atom. The summed E-state index contributed by atoms with van der Waals surface area (Å²) in [7, 11) is 0. The molecule has 2 aliphatic rings. The molecule has 2 fully saturated rings. The average molecular weight is 385 g/mol. The number of piperidine rings is 1. The molecule has 1 N–H and O–H groups in total. The first-order valence-corrected chi connectivity index (χ1v) is 9.87. The van der Waals surface area contributed by atoms with E-state index in [0.29, 0.717) is 11.3 Å². The van der Waals surface area contributed by atoms with E-state index in [4.69, 9.17) is 0 Å². The van der Waals surface area contributed by atoms with Crippen molar-refractivity contribution in [3.8, 4) is 0 Å². The van der Waals surface area contributed by atoms with Gasteiger partial charge in [-0.15, -0.1) is 0 Å². The summed E-state index contributed by atoms with van der Waals surface area (Å²) >= 11 is 0. The van der Waals surface area contributed by atoms with E-state index in [0.717, 1.165) is 36.3 Å². The van der Waals surface area contributed by atoms with Crippen LogP contribution in [0.4, 0.5) is 5.69 Å². The van der Waals surface area contributed by atoms with Crippen molar-refractivity contribution in [1.29, 1.82) is 0 Å². The number of benzene rings is 1. The second kappa shape index (κ2) is 8.12. The van der Waals surface area contributed by atoms with E-state index in [1.54, 1.807) is 25.1 Å². The van der Waals surface area contributed by atoms with Gasteiger partial charge in [-0.3, -0.25) is 24.1 Å². The Hall–Kier alpha value is -2.70. The van der Waals surface area contributed by atoms with Gasteiger partial charge in [0.2, 0.25) is 17.7 Å². The summed E-state index contributed by atoms with van der Waals surface area (Å²) in [5.41, 5.74) is 1.93. The Morgan fingerprint density at radius 1 is 1.14 bits per heavy atom. The van der Waals surface area contributed by atoms with E-state index in [1.165, 1.54) is 0 Å². The van der Waals surface area contributed by atoms with Crippen LogP contribution in [0.15, 0.2) is 18.2 Å². The van der Waals surface area contributed by atoms with Gasteiger partial charge >= 0.3 is 0 Å². The topological polar surface area (TPSA) is 86.8 Å². The number of hydrogen-bond donors (Lipinski definition) is 1. The fourth-order valence-corrected chi connectivity index (χ4v) is 3.88. The second-order valence-corrected chi connectivity index (χ2v) is 7.70. The Labute approximate surface area is 165 Å². The van der Waals surface area contributed by atoms with Gasteiger partial charge in [-0.1, -0.05) is 0 Å². The largest absolute Gasteiger partial charge is 0.336 e. The van der Waals surface area contributed by atoms with Gasteiger partial charge in [-0.05, 0) is 63.8 Å². The molecule has 2 aliphatic heterocycles. The van der Waals surface area contributed by atoms with Crippen LogP contribution >= 0.6 is 0 Å². The van der Waals surface area contributed by atoms with Crippen LogP contribution in [0, 0.1) is 6.92 Å². The molecule has 2 atom stereocenters. The monoisotopic (exact) mass is 385 g/mol. The molecule has 0 aliphatic carbocycles. The maximum Gasteiger partial charge on any atom is 0.254 e. The van der Waals surface area contributed by atoms with Crippen molar-refractivity contribution in [3.05, 3.63) is 29.3 Å². The third-order valence-corrected chi connectivity index (χ3v) is 5.65. The zero-order valence-corrected chi connectivity index (χ0v) is 16.7. The third-order valence-electron chi connectivity index (χ3n) is 5.65. The number of carbonyl (C=O) groups is 4. The highest BCUT2D eigenvalue weighted by Gasteiger charge is 2.36. The summed E-state index contributed by atoms with van der Waals surface area (Å²) in [4.78, 5) is 51.9. The van der Waals surface area contributed by atoms with Crippen molar-refractivity contribution in [2.45, 2.75) is 65.0 Å². The lowest BCUT2D eigenvalue weighted by molar-refractivity contribution is -0.144. The number of aryl methyl sites for hydroxylation is 1. The number of hydrogen-bond acceptors (Lipinski definition) is 4. The molecule has 0 aromatic heterocycles. The lowest BCUT2D eigenvalue weighted by Gasteiger charge is -2.33. The lowest BCUT2D eigenvalue weighted by Crippen LogP contribution is -2.45. The van der Waals surface area contributed by atoms with Crippen LogP contribution in [0.2, 0.25) is 0 Å². The van der Waals surface area contributed by atoms with Gasteiger partial charge in [-0.2, -0.15) is 0 Å². The van der Waals surface area contributed by atoms with Gasteiger partial charge in [0, 0.05) is 36.7 Å². The highest BCUT2D eigenvalue weighted by Crippen LogP contribution is 2.23. The number of anilines is 1. The highest BCUT2D eigenvalue weighted by atomic mass is 16.2. The minimum Gasteiger partial charge on any atom is -0.336 e. The van der Waals surface area contributed by atoms with Crippen molar-refractivity contribution in [2.24, 2.45) is 0 Å². The number of carbonyl (C=O) groups excluding carboxylic acids is 4. The molecule has 2 unspecified atom stereocenters. The van der Waals surface area contributed by atoms with Gasteiger partial charge in [0.25, 0.3) is 5.91 Å². The minimum atomic E-state index is -0.864. The van der Waals surface area contributed by atoms with Crippen LogP contribution in [-0.2, 0) is 14.4 Å². The first kappa shape index (κ1) is 20.0. The Morgan fingerprint density at radius 3 is 2.43 bits per heavy atom. The molecule has 1 aromatic rings. The molecular weight excluding hydrogens is 358 g/mol. The molecule has 7 nitrogen and oxygen atoms in total. The maximum atomic E-state index is 12.8. The first-order chi connectivity index (χ1) is 13.3. The molecule has 0 saturated carbocycles. The molecule has 150 valence electrons. The number of amides is 4. The van der Waals surface area contributed by atoms with E-state index in [1.807, 2.05) is 11.8 Å². The zero-order chi connectivity index (χ0) is 20.4. The molecule has 2 saturated heterocycles. The molecule has 0 bridgehead atoms. The summed E-state index contributed by atoms with van der Waals surface area (Å²) in [5, 5.41) is 2.77. The van der Waals surface area contributed by atoms with Crippen LogP contribution in [0.1, 0.15) is 61.9 Å². The molecule has 0 spiro atoms. The molecule has 4 amide bonds. The number of imide groups is 1. The fraction of sp³-hybridized carbons (Fsp3) is 0.524. The number of nitrogens with zero attached hydrogens (tertiary/aromatic N) is 2. The smallest absolute Gasteiger partial charge is 0.254 e. The van der Waals surface area contributed by atoms with Crippen molar-refractivity contribution < 1.29 is 19.2 Å². The number of rotatable bonds is 4. The molecule has 3 rings (SSSR count). The normalized spacial score (nSPS) is 21.0. The predicted molar refractivity (Wildman–Crippen MR) is 105 cm³/mol. The van der Waals surface area contributed by atoms with Gasteiger partial charge in [0.05, 0.1) is 0 Å². The lowest BCUT2D eigenvalue weighted by atomic mass is 10.0. The average Bonchev–Trinajstić information content (AvgIpc) is 3.00.